The van der Waals surface area contributed by atoms with Crippen LogP contribution >= 0.6 is 0 Å². The number of nitriles is 1. The summed E-state index contributed by atoms with van der Waals surface area (Å²) in [6, 6.07) is 14.2. The zero-order chi connectivity index (χ0) is 13.8. The summed E-state index contributed by atoms with van der Waals surface area (Å²) < 4.78 is 12.9. The molecule has 0 aliphatic heterocycles. The van der Waals surface area contributed by atoms with Gasteiger partial charge in [-0.05, 0) is 43.2 Å². The second-order valence-electron chi connectivity index (χ2n) is 4.53. The lowest BCUT2D eigenvalue weighted by atomic mass is 10.0. The van der Waals surface area contributed by atoms with Crippen LogP contribution in [0.4, 0.5) is 10.1 Å². The number of aryl methyl sites for hydroxylation is 1. The Kier molecular flexibility index (Phi) is 3.82. The van der Waals surface area contributed by atoms with Crippen LogP contribution in [0.1, 0.15) is 29.7 Å². The third-order valence-electron chi connectivity index (χ3n) is 3.12. The van der Waals surface area contributed by atoms with Crippen molar-refractivity contribution in [2.24, 2.45) is 0 Å². The van der Waals surface area contributed by atoms with Crippen LogP contribution in [-0.4, -0.2) is 0 Å². The quantitative estimate of drug-likeness (QED) is 0.891. The molecule has 0 fully saturated rings. The Morgan fingerprint density at radius 3 is 2.47 bits per heavy atom. The Labute approximate surface area is 112 Å². The monoisotopic (exact) mass is 254 g/mol. The van der Waals surface area contributed by atoms with Crippen LogP contribution in [0.15, 0.2) is 42.5 Å². The summed E-state index contributed by atoms with van der Waals surface area (Å²) in [6.07, 6.45) is 0. The van der Waals surface area contributed by atoms with Crippen LogP contribution in [-0.2, 0) is 0 Å². The largest absolute Gasteiger partial charge is 0.377 e. The Balaban J connectivity index is 2.26. The van der Waals surface area contributed by atoms with Crippen LogP contribution in [0.5, 0.6) is 0 Å². The van der Waals surface area contributed by atoms with Gasteiger partial charge in [-0.25, -0.2) is 4.39 Å². The third kappa shape index (κ3) is 2.92. The molecule has 2 aromatic carbocycles. The maximum absolute atomic E-state index is 12.9. The van der Waals surface area contributed by atoms with E-state index in [4.69, 9.17) is 5.26 Å². The minimum Gasteiger partial charge on any atom is -0.377 e. The maximum Gasteiger partial charge on any atom is 0.123 e. The fraction of sp³-hybridized carbons (Fsp3) is 0.188. The number of anilines is 1. The van der Waals surface area contributed by atoms with Gasteiger partial charge in [-0.15, -0.1) is 0 Å². The number of para-hydroxylation sites is 1. The van der Waals surface area contributed by atoms with Gasteiger partial charge in [0.15, 0.2) is 0 Å². The molecule has 0 spiro atoms. The van der Waals surface area contributed by atoms with E-state index in [2.05, 4.69) is 11.4 Å². The molecule has 1 atom stereocenters. The Morgan fingerprint density at radius 2 is 1.84 bits per heavy atom. The van der Waals surface area contributed by atoms with E-state index in [0.717, 1.165) is 16.8 Å². The fourth-order valence-corrected chi connectivity index (χ4v) is 2.00. The molecule has 0 saturated heterocycles. The molecule has 2 rings (SSSR count). The molecular formula is C16H15FN2. The molecule has 0 heterocycles. The SMILES string of the molecule is Cc1cccc(C#N)c1NC(C)c1ccc(F)cc1. The van der Waals surface area contributed by atoms with Gasteiger partial charge in [0.05, 0.1) is 11.3 Å². The molecular weight excluding hydrogens is 239 g/mol. The van der Waals surface area contributed by atoms with E-state index in [-0.39, 0.29) is 11.9 Å². The molecule has 2 nitrogen and oxygen atoms in total. The molecule has 0 radical (unpaired) electrons. The second kappa shape index (κ2) is 5.53. The number of rotatable bonds is 3. The summed E-state index contributed by atoms with van der Waals surface area (Å²) in [4.78, 5) is 0. The molecule has 0 saturated carbocycles. The van der Waals surface area contributed by atoms with Gasteiger partial charge in [0.2, 0.25) is 0 Å². The van der Waals surface area contributed by atoms with Crippen molar-refractivity contribution in [1.29, 1.82) is 5.26 Å². The predicted molar refractivity (Wildman–Crippen MR) is 74.3 cm³/mol. The standard InChI is InChI=1S/C16H15FN2/c1-11-4-3-5-14(10-18)16(11)19-12(2)13-6-8-15(17)9-7-13/h3-9,12,19H,1-2H3. The van der Waals surface area contributed by atoms with Gasteiger partial charge in [0.25, 0.3) is 0 Å². The van der Waals surface area contributed by atoms with Gasteiger partial charge >= 0.3 is 0 Å². The van der Waals surface area contributed by atoms with Gasteiger partial charge in [0.1, 0.15) is 11.9 Å². The predicted octanol–water partition coefficient (Wildman–Crippen LogP) is 4.18. The number of nitrogens with one attached hydrogen (secondary N) is 1. The first-order valence-electron chi connectivity index (χ1n) is 6.13. The van der Waals surface area contributed by atoms with Gasteiger partial charge in [0, 0.05) is 6.04 Å². The minimum atomic E-state index is -0.246. The van der Waals surface area contributed by atoms with E-state index in [9.17, 15) is 4.39 Å². The lowest BCUT2D eigenvalue weighted by Crippen LogP contribution is -2.09. The molecule has 3 heteroatoms. The van der Waals surface area contributed by atoms with Crippen LogP contribution in [0.2, 0.25) is 0 Å². The number of benzene rings is 2. The van der Waals surface area contributed by atoms with Crippen LogP contribution in [0.3, 0.4) is 0 Å². The molecule has 96 valence electrons. The molecule has 19 heavy (non-hydrogen) atoms. The zero-order valence-electron chi connectivity index (χ0n) is 10.9. The number of nitrogens with zero attached hydrogens (tertiary/aromatic N) is 1. The molecule has 1 unspecified atom stereocenters. The van der Waals surface area contributed by atoms with Crippen molar-refractivity contribution in [3.8, 4) is 6.07 Å². The van der Waals surface area contributed by atoms with Crippen LogP contribution < -0.4 is 5.32 Å². The van der Waals surface area contributed by atoms with Crippen LogP contribution in [0.25, 0.3) is 0 Å². The molecule has 0 aromatic heterocycles. The van der Waals surface area contributed by atoms with E-state index >= 15 is 0 Å². The molecule has 0 aliphatic carbocycles. The highest BCUT2D eigenvalue weighted by Crippen LogP contribution is 2.25. The van der Waals surface area contributed by atoms with Crippen molar-refractivity contribution in [3.05, 3.63) is 65.0 Å². The van der Waals surface area contributed by atoms with E-state index in [1.807, 2.05) is 26.0 Å². The number of hydrogen-bond donors (Lipinski definition) is 1. The summed E-state index contributed by atoms with van der Waals surface area (Å²) in [5.74, 6) is -0.246. The zero-order valence-corrected chi connectivity index (χ0v) is 10.9. The minimum absolute atomic E-state index is 0.00815. The highest BCUT2D eigenvalue weighted by molar-refractivity contribution is 5.63. The average molecular weight is 254 g/mol. The summed E-state index contributed by atoms with van der Waals surface area (Å²) in [6.45, 7) is 3.95. The molecule has 1 N–H and O–H groups in total. The van der Waals surface area contributed by atoms with E-state index in [1.54, 1.807) is 18.2 Å². The molecule has 0 aliphatic rings. The Hall–Kier alpha value is -2.34. The molecule has 2 aromatic rings. The van der Waals surface area contributed by atoms with Crippen molar-refractivity contribution in [3.63, 3.8) is 0 Å². The average Bonchev–Trinajstić information content (AvgIpc) is 2.41. The van der Waals surface area contributed by atoms with Gasteiger partial charge < -0.3 is 5.32 Å². The fourth-order valence-electron chi connectivity index (χ4n) is 2.00. The highest BCUT2D eigenvalue weighted by Gasteiger charge is 2.10. The summed E-state index contributed by atoms with van der Waals surface area (Å²) in [7, 11) is 0. The van der Waals surface area contributed by atoms with E-state index < -0.39 is 0 Å². The van der Waals surface area contributed by atoms with Gasteiger partial charge in [-0.1, -0.05) is 24.3 Å². The third-order valence-corrected chi connectivity index (χ3v) is 3.12. The summed E-state index contributed by atoms with van der Waals surface area (Å²) in [5, 5.41) is 12.4. The summed E-state index contributed by atoms with van der Waals surface area (Å²) >= 11 is 0. The van der Waals surface area contributed by atoms with Crippen LogP contribution in [0, 0.1) is 24.1 Å². The molecule has 0 bridgehead atoms. The Morgan fingerprint density at radius 1 is 1.16 bits per heavy atom. The Bertz CT molecular complexity index is 612. The normalized spacial score (nSPS) is 11.7. The lowest BCUT2D eigenvalue weighted by Gasteiger charge is -2.18. The smallest absolute Gasteiger partial charge is 0.123 e. The first kappa shape index (κ1) is 13.1. The highest BCUT2D eigenvalue weighted by atomic mass is 19.1. The van der Waals surface area contributed by atoms with Gasteiger partial charge in [-0.3, -0.25) is 0 Å². The van der Waals surface area contributed by atoms with Gasteiger partial charge in [-0.2, -0.15) is 5.26 Å². The van der Waals surface area contributed by atoms with Crippen molar-refractivity contribution in [2.75, 3.05) is 5.32 Å². The topological polar surface area (TPSA) is 35.8 Å². The van der Waals surface area contributed by atoms with E-state index in [1.165, 1.54) is 12.1 Å². The summed E-state index contributed by atoms with van der Waals surface area (Å²) in [5.41, 5.74) is 3.46. The lowest BCUT2D eigenvalue weighted by molar-refractivity contribution is 0.626. The van der Waals surface area contributed by atoms with Crippen molar-refractivity contribution in [1.82, 2.24) is 0 Å². The van der Waals surface area contributed by atoms with Crippen molar-refractivity contribution in [2.45, 2.75) is 19.9 Å². The second-order valence-corrected chi connectivity index (χ2v) is 4.53. The van der Waals surface area contributed by atoms with Crippen molar-refractivity contribution < 1.29 is 4.39 Å². The first-order valence-corrected chi connectivity index (χ1v) is 6.13. The first-order chi connectivity index (χ1) is 9.11. The van der Waals surface area contributed by atoms with Crippen molar-refractivity contribution >= 4 is 5.69 Å². The number of halogens is 1. The maximum atomic E-state index is 12.9. The number of hydrogen-bond acceptors (Lipinski definition) is 2. The molecule has 0 amide bonds. The van der Waals surface area contributed by atoms with E-state index in [0.29, 0.717) is 5.56 Å².